The predicted octanol–water partition coefficient (Wildman–Crippen LogP) is 1.20. The number of carboxylic acids is 1. The summed E-state index contributed by atoms with van der Waals surface area (Å²) in [4.78, 5) is 10.6. The summed E-state index contributed by atoms with van der Waals surface area (Å²) in [5, 5.41) is 13.0. The van der Waals surface area contributed by atoms with Crippen LogP contribution in [0.3, 0.4) is 0 Å². The predicted molar refractivity (Wildman–Crippen MR) is 61.2 cm³/mol. The van der Waals surface area contributed by atoms with Crippen molar-refractivity contribution in [3.05, 3.63) is 18.0 Å². The van der Waals surface area contributed by atoms with Gasteiger partial charge in [0.05, 0.1) is 11.7 Å². The third-order valence-electron chi connectivity index (χ3n) is 2.73. The number of hydrogen-bond acceptors (Lipinski definition) is 3. The average Bonchev–Trinajstić information content (AvgIpc) is 2.68. The van der Waals surface area contributed by atoms with Crippen molar-refractivity contribution in [3.8, 4) is 0 Å². The maximum atomic E-state index is 10.6. The van der Waals surface area contributed by atoms with Gasteiger partial charge in [0.15, 0.2) is 0 Å². The standard InChI is InChI=1S/C11H19N3O2/c1-3-9(4-2)14-6-5-8(13-14)7-10(12)11(15)16/h5-6,9-10H,3-4,7,12H2,1-2H3,(H,15,16)/t10-/m1/s1. The Hall–Kier alpha value is -1.36. The molecule has 1 aromatic heterocycles. The fourth-order valence-electron chi connectivity index (χ4n) is 1.67. The summed E-state index contributed by atoms with van der Waals surface area (Å²) >= 11 is 0. The molecule has 3 N–H and O–H groups in total. The largest absolute Gasteiger partial charge is 0.480 e. The minimum absolute atomic E-state index is 0.280. The Bertz CT molecular complexity index is 345. The van der Waals surface area contributed by atoms with Crippen LogP contribution in [0.2, 0.25) is 0 Å². The Labute approximate surface area is 95.3 Å². The van der Waals surface area contributed by atoms with Gasteiger partial charge in [-0.05, 0) is 18.9 Å². The Morgan fingerprint density at radius 1 is 1.56 bits per heavy atom. The summed E-state index contributed by atoms with van der Waals surface area (Å²) in [5.41, 5.74) is 6.19. The monoisotopic (exact) mass is 225 g/mol. The molecule has 0 radical (unpaired) electrons. The molecule has 0 aromatic carbocycles. The van der Waals surface area contributed by atoms with E-state index in [1.807, 2.05) is 16.9 Å². The highest BCUT2D eigenvalue weighted by molar-refractivity contribution is 5.73. The van der Waals surface area contributed by atoms with Crippen molar-refractivity contribution < 1.29 is 9.90 Å². The highest BCUT2D eigenvalue weighted by Crippen LogP contribution is 2.14. The Balaban J connectivity index is 2.67. The van der Waals surface area contributed by atoms with E-state index in [9.17, 15) is 4.79 Å². The van der Waals surface area contributed by atoms with E-state index in [2.05, 4.69) is 18.9 Å². The fourth-order valence-corrected chi connectivity index (χ4v) is 1.67. The van der Waals surface area contributed by atoms with Crippen LogP contribution in [0.1, 0.15) is 38.4 Å². The summed E-state index contributed by atoms with van der Waals surface area (Å²) in [6.45, 7) is 4.22. The first-order valence-corrected chi connectivity index (χ1v) is 5.60. The molecule has 0 bridgehead atoms. The number of rotatable bonds is 6. The van der Waals surface area contributed by atoms with Gasteiger partial charge in [-0.1, -0.05) is 13.8 Å². The van der Waals surface area contributed by atoms with Crippen LogP contribution in [-0.2, 0) is 11.2 Å². The van der Waals surface area contributed by atoms with Crippen molar-refractivity contribution >= 4 is 5.97 Å². The number of aromatic nitrogens is 2. The molecule has 1 aromatic rings. The lowest BCUT2D eigenvalue weighted by atomic mass is 10.2. The van der Waals surface area contributed by atoms with Crippen LogP contribution in [0, 0.1) is 0 Å². The van der Waals surface area contributed by atoms with Gasteiger partial charge in [-0.15, -0.1) is 0 Å². The van der Waals surface area contributed by atoms with Crippen LogP contribution in [0.15, 0.2) is 12.3 Å². The molecular formula is C11H19N3O2. The third kappa shape index (κ3) is 3.06. The molecule has 16 heavy (non-hydrogen) atoms. The summed E-state index contributed by atoms with van der Waals surface area (Å²) < 4.78 is 1.89. The lowest BCUT2D eigenvalue weighted by Gasteiger charge is -2.12. The molecule has 0 spiro atoms. The smallest absolute Gasteiger partial charge is 0.320 e. The van der Waals surface area contributed by atoms with E-state index in [0.29, 0.717) is 6.04 Å². The molecule has 1 atom stereocenters. The zero-order valence-corrected chi connectivity index (χ0v) is 9.76. The van der Waals surface area contributed by atoms with Crippen molar-refractivity contribution in [2.24, 2.45) is 5.73 Å². The van der Waals surface area contributed by atoms with Gasteiger partial charge in [-0.25, -0.2) is 0 Å². The zero-order chi connectivity index (χ0) is 12.1. The van der Waals surface area contributed by atoms with Crippen molar-refractivity contribution in [2.45, 2.75) is 45.2 Å². The third-order valence-corrected chi connectivity index (χ3v) is 2.73. The topological polar surface area (TPSA) is 81.1 Å². The molecule has 0 fully saturated rings. The van der Waals surface area contributed by atoms with Gasteiger partial charge in [0.2, 0.25) is 0 Å². The summed E-state index contributed by atoms with van der Waals surface area (Å²) in [5.74, 6) is -0.989. The van der Waals surface area contributed by atoms with E-state index in [1.54, 1.807) is 0 Å². The summed E-state index contributed by atoms with van der Waals surface area (Å²) in [7, 11) is 0. The van der Waals surface area contributed by atoms with Gasteiger partial charge in [0, 0.05) is 12.6 Å². The Morgan fingerprint density at radius 3 is 2.69 bits per heavy atom. The van der Waals surface area contributed by atoms with Gasteiger partial charge in [0.1, 0.15) is 6.04 Å². The van der Waals surface area contributed by atoms with Crippen LogP contribution >= 0.6 is 0 Å². The van der Waals surface area contributed by atoms with E-state index in [0.717, 1.165) is 18.5 Å². The highest BCUT2D eigenvalue weighted by Gasteiger charge is 2.15. The van der Waals surface area contributed by atoms with E-state index in [4.69, 9.17) is 10.8 Å². The molecule has 0 aliphatic rings. The number of nitrogens with two attached hydrogens (primary N) is 1. The first kappa shape index (κ1) is 12.7. The van der Waals surface area contributed by atoms with E-state index >= 15 is 0 Å². The lowest BCUT2D eigenvalue weighted by molar-refractivity contribution is -0.138. The fraction of sp³-hybridized carbons (Fsp3) is 0.636. The van der Waals surface area contributed by atoms with Crippen LogP contribution in [0.25, 0.3) is 0 Å². The van der Waals surface area contributed by atoms with Gasteiger partial charge in [-0.2, -0.15) is 5.10 Å². The molecular weight excluding hydrogens is 206 g/mol. The second-order valence-corrected chi connectivity index (χ2v) is 3.91. The number of nitrogens with zero attached hydrogens (tertiary/aromatic N) is 2. The Morgan fingerprint density at radius 2 is 2.19 bits per heavy atom. The van der Waals surface area contributed by atoms with E-state index < -0.39 is 12.0 Å². The van der Waals surface area contributed by atoms with Crippen LogP contribution in [0.4, 0.5) is 0 Å². The molecule has 0 saturated heterocycles. The molecule has 1 rings (SSSR count). The number of hydrogen-bond donors (Lipinski definition) is 2. The average molecular weight is 225 g/mol. The van der Waals surface area contributed by atoms with Gasteiger partial charge in [0.25, 0.3) is 0 Å². The van der Waals surface area contributed by atoms with Crippen LogP contribution in [0.5, 0.6) is 0 Å². The molecule has 0 amide bonds. The molecule has 1 heterocycles. The highest BCUT2D eigenvalue weighted by atomic mass is 16.4. The maximum absolute atomic E-state index is 10.6. The normalized spacial score (nSPS) is 13.0. The first-order chi connectivity index (χ1) is 7.58. The van der Waals surface area contributed by atoms with Crippen molar-refractivity contribution in [1.82, 2.24) is 9.78 Å². The molecule has 5 heteroatoms. The molecule has 0 unspecified atom stereocenters. The number of carbonyl (C=O) groups is 1. The maximum Gasteiger partial charge on any atom is 0.320 e. The molecule has 0 aliphatic heterocycles. The molecule has 5 nitrogen and oxygen atoms in total. The SMILES string of the molecule is CCC(CC)n1ccc(C[C@@H](N)C(=O)O)n1. The van der Waals surface area contributed by atoms with Crippen LogP contribution < -0.4 is 5.73 Å². The number of aliphatic carboxylic acids is 1. The van der Waals surface area contributed by atoms with Crippen LogP contribution in [-0.4, -0.2) is 26.9 Å². The summed E-state index contributed by atoms with van der Waals surface area (Å²) in [6.07, 6.45) is 4.20. The van der Waals surface area contributed by atoms with E-state index in [-0.39, 0.29) is 6.42 Å². The summed E-state index contributed by atoms with van der Waals surface area (Å²) in [6, 6.07) is 1.35. The van der Waals surface area contributed by atoms with Gasteiger partial charge < -0.3 is 10.8 Å². The minimum Gasteiger partial charge on any atom is -0.480 e. The van der Waals surface area contributed by atoms with E-state index in [1.165, 1.54) is 0 Å². The quantitative estimate of drug-likeness (QED) is 0.762. The molecule has 0 saturated carbocycles. The van der Waals surface area contributed by atoms with Gasteiger partial charge >= 0.3 is 5.97 Å². The molecule has 90 valence electrons. The second kappa shape index (κ2) is 5.65. The van der Waals surface area contributed by atoms with Crippen molar-refractivity contribution in [1.29, 1.82) is 0 Å². The lowest BCUT2D eigenvalue weighted by Crippen LogP contribution is -2.32. The Kier molecular flexibility index (Phi) is 4.49. The first-order valence-electron chi connectivity index (χ1n) is 5.60. The zero-order valence-electron chi connectivity index (χ0n) is 9.76. The van der Waals surface area contributed by atoms with Gasteiger partial charge in [-0.3, -0.25) is 9.48 Å². The van der Waals surface area contributed by atoms with Crippen molar-refractivity contribution in [3.63, 3.8) is 0 Å². The second-order valence-electron chi connectivity index (χ2n) is 3.91. The number of carboxylic acid groups (broad SMARTS) is 1. The van der Waals surface area contributed by atoms with Crippen molar-refractivity contribution in [2.75, 3.05) is 0 Å². The molecule has 0 aliphatic carbocycles. The minimum atomic E-state index is -0.989.